The predicted octanol–water partition coefficient (Wildman–Crippen LogP) is 1.77. The van der Waals surface area contributed by atoms with Crippen molar-refractivity contribution in [2.75, 3.05) is 6.26 Å². The van der Waals surface area contributed by atoms with Gasteiger partial charge in [-0.2, -0.15) is 5.10 Å². The lowest BCUT2D eigenvalue weighted by molar-refractivity contribution is -0.402. The van der Waals surface area contributed by atoms with Gasteiger partial charge in [0.1, 0.15) is 15.9 Å². The van der Waals surface area contributed by atoms with E-state index in [0.29, 0.717) is 11.3 Å². The number of hydrazone groups is 1. The molecule has 0 fully saturated rings. The molecule has 10 nitrogen and oxygen atoms in total. The lowest BCUT2D eigenvalue weighted by Gasteiger charge is -1.95. The molecule has 1 rings (SSSR count). The van der Waals surface area contributed by atoms with Gasteiger partial charge in [0.15, 0.2) is 0 Å². The summed E-state index contributed by atoms with van der Waals surface area (Å²) < 4.78 is 4.94. The molecular formula is C11H14N5O5S2-. The van der Waals surface area contributed by atoms with E-state index in [2.05, 4.69) is 29.0 Å². The average Bonchev–Trinajstić information content (AvgIpc) is 2.96. The minimum Gasteiger partial charge on any atom is -0.718 e. The molecule has 0 aliphatic rings. The summed E-state index contributed by atoms with van der Waals surface area (Å²) in [6.45, 7) is 1.73. The fraction of sp³-hybridized carbons (Fsp3) is 0.182. The number of hydrazine groups is 1. The highest BCUT2D eigenvalue weighted by molar-refractivity contribution is 8.12. The third-order valence-corrected chi connectivity index (χ3v) is 2.47. The molecule has 0 unspecified atom stereocenters. The summed E-state index contributed by atoms with van der Waals surface area (Å²) in [5, 5.41) is 13.2. The second-order valence-corrected chi connectivity index (χ2v) is 4.76. The normalized spacial score (nSPS) is 10.7. The minimum atomic E-state index is -0.634. The molecule has 0 spiro atoms. The van der Waals surface area contributed by atoms with Gasteiger partial charge in [0, 0.05) is 0 Å². The molecule has 1 aromatic heterocycles. The number of amides is 2. The Hall–Kier alpha value is -2.44. The van der Waals surface area contributed by atoms with Gasteiger partial charge < -0.3 is 27.3 Å². The van der Waals surface area contributed by atoms with Crippen LogP contribution in [0.3, 0.4) is 0 Å². The summed E-state index contributed by atoms with van der Waals surface area (Å²) in [6, 6.07) is 2.75. The van der Waals surface area contributed by atoms with Crippen LogP contribution in [0, 0.1) is 10.1 Å². The van der Waals surface area contributed by atoms with E-state index in [4.69, 9.17) is 4.42 Å². The Labute approximate surface area is 141 Å². The van der Waals surface area contributed by atoms with Gasteiger partial charge in [-0.05, 0) is 30.9 Å². The number of hydrogen-bond donors (Lipinski definition) is 3. The van der Waals surface area contributed by atoms with Crippen LogP contribution in [-0.2, 0) is 12.6 Å². The summed E-state index contributed by atoms with van der Waals surface area (Å²) >= 11 is 4.92. The van der Waals surface area contributed by atoms with Crippen molar-refractivity contribution in [3.63, 3.8) is 0 Å². The Morgan fingerprint density at radius 2 is 2.13 bits per heavy atom. The number of hydrogen-bond acceptors (Lipinski definition) is 9. The van der Waals surface area contributed by atoms with Crippen LogP contribution in [0.1, 0.15) is 12.7 Å². The number of nitrogens with one attached hydrogen (secondary N) is 2. The van der Waals surface area contributed by atoms with Crippen LogP contribution in [0.15, 0.2) is 27.2 Å². The van der Waals surface area contributed by atoms with Crippen LogP contribution in [-0.4, -0.2) is 27.9 Å². The summed E-state index contributed by atoms with van der Waals surface area (Å²) in [5.74, 6) is 4.50. The van der Waals surface area contributed by atoms with Crippen molar-refractivity contribution in [2.45, 2.75) is 6.92 Å². The molecule has 0 aliphatic heterocycles. The van der Waals surface area contributed by atoms with Gasteiger partial charge in [0.25, 0.3) is 5.24 Å². The second kappa shape index (κ2) is 11.2. The quantitative estimate of drug-likeness (QED) is 0.183. The third-order valence-electron chi connectivity index (χ3n) is 1.89. The van der Waals surface area contributed by atoms with E-state index in [1.165, 1.54) is 18.3 Å². The van der Waals surface area contributed by atoms with E-state index in [1.54, 1.807) is 24.7 Å². The van der Waals surface area contributed by atoms with Gasteiger partial charge in [-0.1, -0.05) is 11.8 Å². The summed E-state index contributed by atoms with van der Waals surface area (Å²) in [5.41, 5.74) is 4.67. The van der Waals surface area contributed by atoms with Gasteiger partial charge in [0.2, 0.25) is 0 Å². The molecule has 0 bridgehead atoms. The molecule has 126 valence electrons. The van der Waals surface area contributed by atoms with E-state index >= 15 is 0 Å². The lowest BCUT2D eigenvalue weighted by Crippen LogP contribution is -2.26. The topological polar surface area (TPSA) is 153 Å². The van der Waals surface area contributed by atoms with Gasteiger partial charge in [-0.15, -0.1) is 0 Å². The van der Waals surface area contributed by atoms with E-state index in [0.717, 1.165) is 11.8 Å². The Morgan fingerprint density at radius 1 is 1.52 bits per heavy atom. The average molecular weight is 360 g/mol. The standard InChI is InChI=1S/C10H11N3O4S.CH4N2OS/c1-7(6-11-12-10(14)18-2)5-8-3-4-9(17-8)13(15)16;2-3-1(4)5/h3-6H,1-2H3,(H,12,14);2H2,(H2,3,4,5)/p-1. The van der Waals surface area contributed by atoms with Gasteiger partial charge in [-0.3, -0.25) is 14.9 Å². The second-order valence-electron chi connectivity index (χ2n) is 3.61. The van der Waals surface area contributed by atoms with Crippen LogP contribution >= 0.6 is 11.8 Å². The first-order valence-corrected chi connectivity index (χ1v) is 7.40. The zero-order chi connectivity index (χ0) is 17.8. The molecule has 4 N–H and O–H groups in total. The molecular weight excluding hydrogens is 346 g/mol. The lowest BCUT2D eigenvalue weighted by atomic mass is 10.3. The van der Waals surface area contributed by atoms with Crippen LogP contribution in [0.4, 0.5) is 15.5 Å². The van der Waals surface area contributed by atoms with Crippen molar-refractivity contribution in [1.29, 1.82) is 0 Å². The monoisotopic (exact) mass is 360 g/mol. The van der Waals surface area contributed by atoms with Crippen molar-refractivity contribution in [3.05, 3.63) is 33.6 Å². The molecule has 0 radical (unpaired) electrons. The minimum absolute atomic E-state index is 0.271. The highest BCUT2D eigenvalue weighted by Crippen LogP contribution is 2.17. The first kappa shape index (κ1) is 20.6. The number of carbonyl (C=O) groups is 2. The van der Waals surface area contributed by atoms with Crippen LogP contribution < -0.4 is 16.7 Å². The van der Waals surface area contributed by atoms with Crippen molar-refractivity contribution >= 4 is 53.0 Å². The maximum absolute atomic E-state index is 10.9. The molecule has 0 atom stereocenters. The SMILES string of the molecule is CSC(=O)NN=CC(C)=Cc1ccc([N+](=O)[O-])o1.NNC(=O)[S-]. The Kier molecular flexibility index (Phi) is 9.99. The smallest absolute Gasteiger partial charge is 0.433 e. The van der Waals surface area contributed by atoms with Crippen molar-refractivity contribution in [1.82, 2.24) is 10.9 Å². The first-order valence-electron chi connectivity index (χ1n) is 5.77. The third kappa shape index (κ3) is 10.00. The molecule has 0 aliphatic carbocycles. The Bertz CT molecular complexity index is 614. The van der Waals surface area contributed by atoms with Crippen LogP contribution in [0.5, 0.6) is 0 Å². The van der Waals surface area contributed by atoms with E-state index in [-0.39, 0.29) is 11.1 Å². The largest absolute Gasteiger partial charge is 0.718 e. The molecule has 1 aromatic rings. The van der Waals surface area contributed by atoms with E-state index < -0.39 is 10.2 Å². The molecule has 23 heavy (non-hydrogen) atoms. The van der Waals surface area contributed by atoms with Crippen molar-refractivity contribution in [2.24, 2.45) is 10.9 Å². The number of furan rings is 1. The fourth-order valence-corrected chi connectivity index (χ4v) is 1.16. The Morgan fingerprint density at radius 3 is 2.57 bits per heavy atom. The van der Waals surface area contributed by atoms with E-state index in [1.807, 2.05) is 0 Å². The van der Waals surface area contributed by atoms with Gasteiger partial charge in [0.05, 0.1) is 12.3 Å². The van der Waals surface area contributed by atoms with Crippen LogP contribution in [0.25, 0.3) is 6.08 Å². The number of thioether (sulfide) groups is 1. The van der Waals surface area contributed by atoms with Crippen LogP contribution in [0.2, 0.25) is 0 Å². The van der Waals surface area contributed by atoms with Crippen molar-refractivity contribution < 1.29 is 18.9 Å². The highest BCUT2D eigenvalue weighted by Gasteiger charge is 2.09. The molecule has 0 saturated carbocycles. The fourth-order valence-electron chi connectivity index (χ4n) is 1.01. The maximum Gasteiger partial charge on any atom is 0.433 e. The maximum atomic E-state index is 10.9. The van der Waals surface area contributed by atoms with Gasteiger partial charge in [-0.25, -0.2) is 11.3 Å². The Balaban J connectivity index is 0.000000841. The van der Waals surface area contributed by atoms with E-state index in [9.17, 15) is 19.7 Å². The summed E-state index contributed by atoms with van der Waals surface area (Å²) in [6.07, 6.45) is 4.62. The molecule has 2 amide bonds. The molecule has 1 heterocycles. The number of nitrogens with two attached hydrogens (primary N) is 1. The molecule has 0 aromatic carbocycles. The van der Waals surface area contributed by atoms with Gasteiger partial charge >= 0.3 is 5.88 Å². The zero-order valence-corrected chi connectivity index (χ0v) is 13.8. The number of allylic oxidation sites excluding steroid dienone is 1. The summed E-state index contributed by atoms with van der Waals surface area (Å²) in [7, 11) is 0. The summed E-state index contributed by atoms with van der Waals surface area (Å²) in [4.78, 5) is 30.0. The number of nitro groups is 1. The highest BCUT2D eigenvalue weighted by atomic mass is 32.2. The zero-order valence-electron chi connectivity index (χ0n) is 12.1. The first-order chi connectivity index (χ1) is 10.8. The number of carbonyl (C=O) groups excluding carboxylic acids is 2. The molecule has 0 saturated heterocycles. The number of rotatable bonds is 4. The molecule has 12 heteroatoms. The number of nitrogens with zero attached hydrogens (tertiary/aromatic N) is 2. The predicted molar refractivity (Wildman–Crippen MR) is 89.6 cm³/mol. The van der Waals surface area contributed by atoms with Crippen molar-refractivity contribution in [3.8, 4) is 0 Å².